The van der Waals surface area contributed by atoms with E-state index >= 15 is 0 Å². The van der Waals surface area contributed by atoms with Gasteiger partial charge in [-0.05, 0) is 5.92 Å². The molecule has 0 nitrogen and oxygen atoms in total. The Morgan fingerprint density at radius 3 is 2.75 bits per heavy atom. The molecule has 12 heavy (non-hydrogen) atoms. The smallest absolute Gasteiger partial charge is 0.0893 e. The highest BCUT2D eigenvalue weighted by Gasteiger charge is 2.19. The van der Waals surface area contributed by atoms with Crippen molar-refractivity contribution in [2.75, 3.05) is 0 Å². The molecule has 1 atom stereocenters. The number of hydrogen-bond donors (Lipinski definition) is 0. The van der Waals surface area contributed by atoms with Gasteiger partial charge in [0.25, 0.3) is 0 Å². The topological polar surface area (TPSA) is 0 Å². The summed E-state index contributed by atoms with van der Waals surface area (Å²) < 4.78 is 0. The fraction of sp³-hybridized carbons (Fsp3) is 1.00. The Morgan fingerprint density at radius 2 is 2.25 bits per heavy atom. The summed E-state index contributed by atoms with van der Waals surface area (Å²) in [6.45, 7) is 2.34. The van der Waals surface area contributed by atoms with E-state index in [0.717, 1.165) is 24.5 Å². The third-order valence-corrected chi connectivity index (χ3v) is 2.91. The first kappa shape index (κ1) is 10.2. The molecule has 1 fully saturated rings. The predicted octanol–water partition coefficient (Wildman–Crippen LogP) is 3.08. The molecule has 0 aliphatic heterocycles. The zero-order valence-corrected chi connectivity index (χ0v) is 8.26. The predicted molar refractivity (Wildman–Crippen MR) is 57.1 cm³/mol. The molecule has 1 unspecified atom stereocenters. The molecule has 3 radical (unpaired) electrons. The summed E-state index contributed by atoms with van der Waals surface area (Å²) in [4.78, 5) is 0. The van der Waals surface area contributed by atoms with E-state index in [9.17, 15) is 0 Å². The molecule has 0 amide bonds. The maximum atomic E-state index is 5.43. The minimum atomic E-state index is 0.821. The average Bonchev–Trinajstić information content (AvgIpc) is 1.98. The summed E-state index contributed by atoms with van der Waals surface area (Å²) in [6, 6.07) is 0. The molecule has 0 N–H and O–H groups in total. The Morgan fingerprint density at radius 1 is 1.50 bits per heavy atom. The second-order valence-corrected chi connectivity index (χ2v) is 4.18. The lowest BCUT2D eigenvalue weighted by Crippen LogP contribution is -2.14. The van der Waals surface area contributed by atoms with Crippen molar-refractivity contribution in [3.05, 3.63) is 0 Å². The van der Waals surface area contributed by atoms with Gasteiger partial charge >= 0.3 is 0 Å². The third-order valence-electron chi connectivity index (χ3n) is 2.91. The summed E-state index contributed by atoms with van der Waals surface area (Å²) in [5, 5.41) is 0. The highest BCUT2D eigenvalue weighted by atomic mass is 14.2. The monoisotopic (exact) mass is 161 g/mol. The van der Waals surface area contributed by atoms with Crippen molar-refractivity contribution in [2.45, 2.75) is 57.5 Å². The molecule has 0 spiro atoms. The van der Waals surface area contributed by atoms with E-state index in [1.807, 2.05) is 0 Å². The Balaban J connectivity index is 1.91. The van der Waals surface area contributed by atoms with E-state index in [2.05, 4.69) is 14.2 Å². The molecule has 0 aromatic carbocycles. The van der Waals surface area contributed by atoms with Crippen LogP contribution in [0.15, 0.2) is 0 Å². The van der Waals surface area contributed by atoms with Gasteiger partial charge in [-0.3, -0.25) is 0 Å². The molecule has 65 valence electrons. The molecule has 0 saturated heterocycles. The van der Waals surface area contributed by atoms with Crippen LogP contribution in [0.4, 0.5) is 0 Å². The minimum absolute atomic E-state index is 0.821. The normalized spacial score (nSPS) is 20.1. The van der Waals surface area contributed by atoms with Crippen LogP contribution in [0.3, 0.4) is 0 Å². The van der Waals surface area contributed by atoms with Crippen molar-refractivity contribution in [3.63, 3.8) is 0 Å². The van der Waals surface area contributed by atoms with Gasteiger partial charge in [-0.2, -0.15) is 0 Å². The Bertz CT molecular complexity index is 110. The molecule has 1 rings (SSSR count). The van der Waals surface area contributed by atoms with Gasteiger partial charge in [-0.15, -0.1) is 0 Å². The number of hydrogen-bond acceptors (Lipinski definition) is 0. The van der Waals surface area contributed by atoms with Gasteiger partial charge in [0.05, 0.1) is 7.85 Å². The molecular weight excluding hydrogens is 142 g/mol. The van der Waals surface area contributed by atoms with Crippen LogP contribution in [0.25, 0.3) is 0 Å². The standard InChI is InChI=1S/C10H19B2/c1-9(12-7-3-6-11)8-10-4-2-5-10/h9-10H,2-8H2,1H3. The van der Waals surface area contributed by atoms with E-state index in [4.69, 9.17) is 7.85 Å². The van der Waals surface area contributed by atoms with Gasteiger partial charge in [0.15, 0.2) is 0 Å². The maximum absolute atomic E-state index is 5.43. The van der Waals surface area contributed by atoms with E-state index in [-0.39, 0.29) is 0 Å². The molecular formula is C10H19B2. The molecule has 2 heteroatoms. The summed E-state index contributed by atoms with van der Waals surface area (Å²) in [5.74, 6) is 1.87. The van der Waals surface area contributed by atoms with Crippen molar-refractivity contribution in [2.24, 2.45) is 5.92 Å². The lowest BCUT2D eigenvalue weighted by molar-refractivity contribution is 0.293. The second kappa shape index (κ2) is 5.72. The van der Waals surface area contributed by atoms with Crippen LogP contribution in [0.1, 0.15) is 39.0 Å². The van der Waals surface area contributed by atoms with E-state index < -0.39 is 0 Å². The van der Waals surface area contributed by atoms with Crippen molar-refractivity contribution < 1.29 is 0 Å². The van der Waals surface area contributed by atoms with Gasteiger partial charge in [0.2, 0.25) is 0 Å². The quantitative estimate of drug-likeness (QED) is 0.414. The molecule has 1 aliphatic carbocycles. The largest absolute Gasteiger partial charge is 0.113 e. The first-order chi connectivity index (χ1) is 5.83. The summed E-state index contributed by atoms with van der Waals surface area (Å²) >= 11 is 0. The van der Waals surface area contributed by atoms with Crippen LogP contribution < -0.4 is 0 Å². The second-order valence-electron chi connectivity index (χ2n) is 4.18. The zero-order valence-electron chi connectivity index (χ0n) is 8.26. The van der Waals surface area contributed by atoms with Crippen molar-refractivity contribution >= 4 is 15.1 Å². The van der Waals surface area contributed by atoms with Crippen molar-refractivity contribution in [3.8, 4) is 0 Å². The Kier molecular flexibility index (Phi) is 4.87. The molecule has 1 saturated carbocycles. The van der Waals surface area contributed by atoms with Crippen LogP contribution in [0.5, 0.6) is 0 Å². The van der Waals surface area contributed by atoms with Crippen LogP contribution in [-0.2, 0) is 0 Å². The van der Waals surface area contributed by atoms with Crippen LogP contribution in [0, 0.1) is 5.92 Å². The highest BCUT2D eigenvalue weighted by Crippen LogP contribution is 2.33. The SMILES string of the molecule is [B]CCC[B]C(C)CC1CCC1. The molecule has 0 bridgehead atoms. The van der Waals surface area contributed by atoms with Crippen LogP contribution in [-0.4, -0.2) is 15.1 Å². The number of rotatable bonds is 6. The van der Waals surface area contributed by atoms with Crippen molar-refractivity contribution in [1.82, 2.24) is 0 Å². The van der Waals surface area contributed by atoms with E-state index in [1.165, 1.54) is 32.0 Å². The molecule has 0 aromatic heterocycles. The molecule has 0 aromatic rings. The Labute approximate surface area is 79.2 Å². The maximum Gasteiger partial charge on any atom is 0.113 e. The van der Waals surface area contributed by atoms with E-state index in [1.54, 1.807) is 0 Å². The summed E-state index contributed by atoms with van der Waals surface area (Å²) in [7, 11) is 7.88. The van der Waals surface area contributed by atoms with Crippen LogP contribution >= 0.6 is 0 Å². The molecule has 1 aliphatic rings. The van der Waals surface area contributed by atoms with Crippen LogP contribution in [0.2, 0.25) is 18.5 Å². The fourth-order valence-electron chi connectivity index (χ4n) is 1.87. The average molecular weight is 161 g/mol. The van der Waals surface area contributed by atoms with Gasteiger partial charge in [0, 0.05) is 0 Å². The van der Waals surface area contributed by atoms with Crippen molar-refractivity contribution in [1.29, 1.82) is 0 Å². The summed E-state index contributed by atoms with van der Waals surface area (Å²) in [5.41, 5.74) is 0. The minimum Gasteiger partial charge on any atom is -0.0893 e. The van der Waals surface area contributed by atoms with Gasteiger partial charge in [-0.1, -0.05) is 57.5 Å². The van der Waals surface area contributed by atoms with Gasteiger partial charge < -0.3 is 0 Å². The first-order valence-electron chi connectivity index (χ1n) is 5.36. The van der Waals surface area contributed by atoms with Gasteiger partial charge in [0.1, 0.15) is 7.28 Å². The highest BCUT2D eigenvalue weighted by molar-refractivity contribution is 6.37. The fourth-order valence-corrected chi connectivity index (χ4v) is 1.87. The molecule has 0 heterocycles. The van der Waals surface area contributed by atoms with Gasteiger partial charge in [-0.25, -0.2) is 0 Å². The zero-order chi connectivity index (χ0) is 8.81. The third kappa shape index (κ3) is 3.69. The summed E-state index contributed by atoms with van der Waals surface area (Å²) in [6.07, 6.45) is 9.07. The lowest BCUT2D eigenvalue weighted by Gasteiger charge is -2.28. The lowest BCUT2D eigenvalue weighted by atomic mass is 9.57. The van der Waals surface area contributed by atoms with E-state index in [0.29, 0.717) is 0 Å². The first-order valence-corrected chi connectivity index (χ1v) is 5.36. The Hall–Kier alpha value is 0.130.